The van der Waals surface area contributed by atoms with Crippen molar-refractivity contribution < 1.29 is 22.4 Å². The van der Waals surface area contributed by atoms with Crippen molar-refractivity contribution in [2.24, 2.45) is 0 Å². The fourth-order valence-corrected chi connectivity index (χ4v) is 5.06. The van der Waals surface area contributed by atoms with Crippen molar-refractivity contribution in [2.45, 2.75) is 18.0 Å². The third-order valence-electron chi connectivity index (χ3n) is 4.87. The zero-order valence-corrected chi connectivity index (χ0v) is 19.4. The second kappa shape index (κ2) is 9.93. The maximum atomic E-state index is 13.4. The first-order valence-corrected chi connectivity index (χ1v) is 12.4. The zero-order chi connectivity index (χ0) is 23.3. The standard InChI is InChI=1S/C24H22N2O5S2/c1-30-20-11-9-19(10-12-20)25-33(28,29)23-8-2-5-18(15-23)24(27)26(16-21-6-3-13-31-21)17-22-7-4-14-32-22/h2-15,25H,16-17H2,1H3. The van der Waals surface area contributed by atoms with Crippen LogP contribution in [0.4, 0.5) is 5.69 Å². The van der Waals surface area contributed by atoms with Gasteiger partial charge in [-0.2, -0.15) is 0 Å². The van der Waals surface area contributed by atoms with Gasteiger partial charge in [-0.3, -0.25) is 9.52 Å². The molecule has 1 amide bonds. The van der Waals surface area contributed by atoms with Gasteiger partial charge in [0, 0.05) is 16.1 Å². The summed E-state index contributed by atoms with van der Waals surface area (Å²) in [4.78, 5) is 16.0. The van der Waals surface area contributed by atoms with E-state index in [1.54, 1.807) is 71.0 Å². The second-order valence-electron chi connectivity index (χ2n) is 7.18. The molecule has 0 aliphatic carbocycles. The Morgan fingerprint density at radius 1 is 1.03 bits per heavy atom. The number of nitrogens with one attached hydrogen (secondary N) is 1. The number of hydrogen-bond donors (Lipinski definition) is 1. The van der Waals surface area contributed by atoms with E-state index in [1.807, 2.05) is 17.5 Å². The molecule has 0 radical (unpaired) electrons. The van der Waals surface area contributed by atoms with Crippen molar-refractivity contribution in [3.05, 3.63) is 101 Å². The second-order valence-corrected chi connectivity index (χ2v) is 9.90. The largest absolute Gasteiger partial charge is 0.497 e. The number of anilines is 1. The highest BCUT2D eigenvalue weighted by atomic mass is 32.2. The molecule has 7 nitrogen and oxygen atoms in total. The molecule has 0 fully saturated rings. The number of thiophene rings is 1. The molecule has 0 bridgehead atoms. The minimum Gasteiger partial charge on any atom is -0.497 e. The van der Waals surface area contributed by atoms with Gasteiger partial charge < -0.3 is 14.1 Å². The fraction of sp³-hybridized carbons (Fsp3) is 0.125. The molecule has 0 atom stereocenters. The van der Waals surface area contributed by atoms with Crippen molar-refractivity contribution in [1.29, 1.82) is 0 Å². The molecule has 33 heavy (non-hydrogen) atoms. The summed E-state index contributed by atoms with van der Waals surface area (Å²) in [7, 11) is -2.36. The summed E-state index contributed by atoms with van der Waals surface area (Å²) in [5, 5.41) is 1.95. The zero-order valence-electron chi connectivity index (χ0n) is 17.8. The molecule has 2 aromatic heterocycles. The average molecular weight is 483 g/mol. The molecule has 0 spiro atoms. The summed E-state index contributed by atoms with van der Waals surface area (Å²) in [6, 6.07) is 20.0. The minimum atomic E-state index is -3.89. The molecular formula is C24H22N2O5S2. The lowest BCUT2D eigenvalue weighted by molar-refractivity contribution is 0.0719. The van der Waals surface area contributed by atoms with Gasteiger partial charge >= 0.3 is 0 Å². The fourth-order valence-electron chi connectivity index (χ4n) is 3.23. The Hall–Kier alpha value is -3.56. The summed E-state index contributed by atoms with van der Waals surface area (Å²) in [5.74, 6) is 0.971. The van der Waals surface area contributed by atoms with Crippen LogP contribution in [0.25, 0.3) is 0 Å². The number of ether oxygens (including phenoxy) is 1. The van der Waals surface area contributed by atoms with E-state index in [4.69, 9.17) is 9.15 Å². The molecule has 2 heterocycles. The lowest BCUT2D eigenvalue weighted by Crippen LogP contribution is -2.30. The van der Waals surface area contributed by atoms with Gasteiger partial charge in [0.1, 0.15) is 11.5 Å². The Morgan fingerprint density at radius 3 is 2.52 bits per heavy atom. The highest BCUT2D eigenvalue weighted by molar-refractivity contribution is 7.92. The SMILES string of the molecule is COc1ccc(NS(=O)(=O)c2cccc(C(=O)N(Cc3ccco3)Cc3cccs3)c2)cc1. The van der Waals surface area contributed by atoms with E-state index < -0.39 is 10.0 Å². The third-order valence-corrected chi connectivity index (χ3v) is 7.11. The van der Waals surface area contributed by atoms with Crippen molar-refractivity contribution in [3.63, 3.8) is 0 Å². The summed E-state index contributed by atoms with van der Waals surface area (Å²) in [6.07, 6.45) is 1.56. The first kappa shape index (κ1) is 22.6. The molecule has 0 saturated carbocycles. The lowest BCUT2D eigenvalue weighted by Gasteiger charge is -2.21. The highest BCUT2D eigenvalue weighted by Crippen LogP contribution is 2.22. The number of carbonyl (C=O) groups excluding carboxylic acids is 1. The van der Waals surface area contributed by atoms with Gasteiger partial charge in [-0.25, -0.2) is 8.42 Å². The number of carbonyl (C=O) groups is 1. The Bertz CT molecular complexity index is 1260. The summed E-state index contributed by atoms with van der Waals surface area (Å²) < 4.78 is 38.9. The maximum absolute atomic E-state index is 13.4. The highest BCUT2D eigenvalue weighted by Gasteiger charge is 2.21. The lowest BCUT2D eigenvalue weighted by atomic mass is 10.2. The van der Waals surface area contributed by atoms with Crippen LogP contribution in [-0.2, 0) is 23.1 Å². The van der Waals surface area contributed by atoms with E-state index >= 15 is 0 Å². The van der Waals surface area contributed by atoms with E-state index in [-0.39, 0.29) is 22.9 Å². The molecule has 170 valence electrons. The van der Waals surface area contributed by atoms with Crippen molar-refractivity contribution >= 4 is 33.0 Å². The molecule has 1 N–H and O–H groups in total. The number of sulfonamides is 1. The molecule has 0 aliphatic rings. The Morgan fingerprint density at radius 2 is 1.85 bits per heavy atom. The predicted octanol–water partition coefficient (Wildman–Crippen LogP) is 4.99. The maximum Gasteiger partial charge on any atom is 0.261 e. The molecule has 4 rings (SSSR count). The predicted molar refractivity (Wildman–Crippen MR) is 127 cm³/mol. The first-order valence-electron chi connectivity index (χ1n) is 10.1. The van der Waals surface area contributed by atoms with Crippen LogP contribution in [-0.4, -0.2) is 26.3 Å². The number of nitrogens with zero attached hydrogens (tertiary/aromatic N) is 1. The number of rotatable bonds is 9. The van der Waals surface area contributed by atoms with Crippen LogP contribution < -0.4 is 9.46 Å². The van der Waals surface area contributed by atoms with Crippen LogP contribution in [0.2, 0.25) is 0 Å². The van der Waals surface area contributed by atoms with Gasteiger partial charge in [0.05, 0.1) is 31.4 Å². The number of hydrogen-bond acceptors (Lipinski definition) is 6. The van der Waals surface area contributed by atoms with Crippen LogP contribution >= 0.6 is 11.3 Å². The van der Waals surface area contributed by atoms with Gasteiger partial charge in [0.25, 0.3) is 15.9 Å². The molecule has 9 heteroatoms. The summed E-state index contributed by atoms with van der Waals surface area (Å²) in [5.41, 5.74) is 0.667. The molecule has 4 aromatic rings. The number of benzene rings is 2. The molecule has 2 aromatic carbocycles. The topological polar surface area (TPSA) is 88.8 Å². The minimum absolute atomic E-state index is 0.00163. The third kappa shape index (κ3) is 5.63. The van der Waals surface area contributed by atoms with E-state index in [1.165, 1.54) is 19.2 Å². The quantitative estimate of drug-likeness (QED) is 0.363. The smallest absolute Gasteiger partial charge is 0.261 e. The van der Waals surface area contributed by atoms with E-state index in [0.29, 0.717) is 23.7 Å². The molecule has 0 aliphatic heterocycles. The Labute approximate surface area is 196 Å². The van der Waals surface area contributed by atoms with Crippen LogP contribution in [0.5, 0.6) is 5.75 Å². The Kier molecular flexibility index (Phi) is 6.81. The normalized spacial score (nSPS) is 11.2. The van der Waals surface area contributed by atoms with Crippen LogP contribution in [0.1, 0.15) is 21.0 Å². The van der Waals surface area contributed by atoms with Gasteiger partial charge in [0.2, 0.25) is 0 Å². The van der Waals surface area contributed by atoms with Crippen molar-refractivity contribution in [1.82, 2.24) is 4.90 Å². The number of furan rings is 1. The first-order chi connectivity index (χ1) is 15.9. The van der Waals surface area contributed by atoms with Crippen LogP contribution in [0.3, 0.4) is 0 Å². The van der Waals surface area contributed by atoms with Gasteiger partial charge in [-0.05, 0) is 66.0 Å². The van der Waals surface area contributed by atoms with Gasteiger partial charge in [-0.15, -0.1) is 11.3 Å². The molecular weight excluding hydrogens is 460 g/mol. The summed E-state index contributed by atoms with van der Waals surface area (Å²) in [6.45, 7) is 0.656. The van der Waals surface area contributed by atoms with Crippen molar-refractivity contribution in [2.75, 3.05) is 11.8 Å². The summed E-state index contributed by atoms with van der Waals surface area (Å²) >= 11 is 1.55. The van der Waals surface area contributed by atoms with Gasteiger partial charge in [-0.1, -0.05) is 12.1 Å². The number of amides is 1. The van der Waals surface area contributed by atoms with E-state index in [0.717, 1.165) is 4.88 Å². The van der Waals surface area contributed by atoms with Crippen molar-refractivity contribution in [3.8, 4) is 5.75 Å². The van der Waals surface area contributed by atoms with E-state index in [2.05, 4.69) is 4.72 Å². The number of methoxy groups -OCH3 is 1. The van der Waals surface area contributed by atoms with Crippen LogP contribution in [0, 0.1) is 0 Å². The van der Waals surface area contributed by atoms with E-state index in [9.17, 15) is 13.2 Å². The monoisotopic (exact) mass is 482 g/mol. The van der Waals surface area contributed by atoms with Gasteiger partial charge in [0.15, 0.2) is 0 Å². The Balaban J connectivity index is 1.57. The molecule has 0 saturated heterocycles. The molecule has 0 unspecified atom stereocenters. The van der Waals surface area contributed by atoms with Crippen LogP contribution in [0.15, 0.2) is 93.8 Å². The average Bonchev–Trinajstić information content (AvgIpc) is 3.53.